The van der Waals surface area contributed by atoms with Gasteiger partial charge in [-0.1, -0.05) is 0 Å². The second-order valence-corrected chi connectivity index (χ2v) is 2.47. The van der Waals surface area contributed by atoms with Crippen LogP contribution in [0.2, 0.25) is 0 Å². The molecule has 0 aliphatic carbocycles. The second kappa shape index (κ2) is 6.17. The molecule has 0 radical (unpaired) electrons. The van der Waals surface area contributed by atoms with Crippen LogP contribution in [0.3, 0.4) is 0 Å². The van der Waals surface area contributed by atoms with E-state index in [1.807, 2.05) is 0 Å². The Balaban J connectivity index is -0.0000000800. The third-order valence-corrected chi connectivity index (χ3v) is 0. The summed E-state index contributed by atoms with van der Waals surface area (Å²) >= 11 is -5.00. The summed E-state index contributed by atoms with van der Waals surface area (Å²) in [5.74, 6) is 0. The van der Waals surface area contributed by atoms with Crippen molar-refractivity contribution in [3.8, 4) is 0 Å². The zero-order valence-electron chi connectivity index (χ0n) is 2.61. The molecule has 0 aliphatic rings. The first-order valence-corrected chi connectivity index (χ1v) is 3.69. The first-order valence-electron chi connectivity index (χ1n) is 0.894. The Kier molecular flexibility index (Phi) is 14.1. The maximum absolute atomic E-state index is 7.38. The van der Waals surface area contributed by atoms with E-state index in [1.165, 1.54) is 0 Å². The molecule has 0 aromatic heterocycles. The molecule has 0 aromatic carbocycles. The monoisotopic (exact) mass is 198 g/mol. The van der Waals surface area contributed by atoms with E-state index in [-0.39, 0.29) is 46.0 Å². The average molecular weight is 199 g/mol. The molecule has 0 amide bonds. The number of hydrogen-bond acceptors (Lipinski definition) is 4. The molecule has 4 N–H and O–H groups in total. The van der Waals surface area contributed by atoms with Crippen molar-refractivity contribution in [2.75, 3.05) is 0 Å². The fourth-order valence-corrected chi connectivity index (χ4v) is 0. The fourth-order valence-electron chi connectivity index (χ4n) is 0. The van der Waals surface area contributed by atoms with Gasteiger partial charge in [0, 0.05) is 16.5 Å². The van der Waals surface area contributed by atoms with Crippen molar-refractivity contribution < 1.29 is 49.4 Å². The summed E-state index contributed by atoms with van der Waals surface area (Å²) in [5, 5.41) is 0. The van der Waals surface area contributed by atoms with Gasteiger partial charge in [-0.25, -0.2) is 0 Å². The molecule has 0 aliphatic heterocycles. The third kappa shape index (κ3) is 70.2. The van der Waals surface area contributed by atoms with Crippen molar-refractivity contribution in [1.82, 2.24) is 0 Å². The van der Waals surface area contributed by atoms with E-state index in [0.717, 1.165) is 0 Å². The van der Waals surface area contributed by atoms with Crippen molar-refractivity contribution in [3.05, 3.63) is 0 Å². The summed E-state index contributed by atoms with van der Waals surface area (Å²) < 4.78 is 29.5. The van der Waals surface area contributed by atoms with Gasteiger partial charge in [-0.3, -0.25) is 0 Å². The molecule has 0 saturated carbocycles. The topological polar surface area (TPSA) is 80.9 Å². The van der Waals surface area contributed by atoms with E-state index >= 15 is 0 Å². The van der Waals surface area contributed by atoms with Gasteiger partial charge < -0.3 is 0 Å². The molecule has 0 heterocycles. The molecule has 0 unspecified atom stereocenters. The van der Waals surface area contributed by atoms with Crippen LogP contribution in [0.1, 0.15) is 0 Å². The Morgan fingerprint density at radius 1 is 0.857 bits per heavy atom. The predicted molar refractivity (Wildman–Crippen MR) is 16.0 cm³/mol. The van der Waals surface area contributed by atoms with Gasteiger partial charge in [0.1, 0.15) is 0 Å². The fraction of sp³-hybridized carbons (Fsp3) is 0. The molecule has 0 atom stereocenters. The van der Waals surface area contributed by atoms with Crippen LogP contribution in [0.25, 0.3) is 0 Å². The van der Waals surface area contributed by atoms with Crippen molar-refractivity contribution in [2.24, 2.45) is 0 Å². The van der Waals surface area contributed by atoms with Gasteiger partial charge in [-0.05, 0) is 0 Å². The third-order valence-electron chi connectivity index (χ3n) is 0. The first kappa shape index (κ1) is 16.0. The van der Waals surface area contributed by atoms with Crippen LogP contribution in [-0.2, 0) is 34.6 Å². The molecule has 0 bridgehead atoms. The minimum atomic E-state index is -5.00. The van der Waals surface area contributed by atoms with Crippen LogP contribution >= 0.6 is 0 Å². The van der Waals surface area contributed by atoms with Crippen LogP contribution in [0.15, 0.2) is 0 Å². The molecule has 7 heavy (non-hydrogen) atoms. The Bertz CT molecular complexity index is 27.2. The zero-order chi connectivity index (χ0) is 4.50. The van der Waals surface area contributed by atoms with Gasteiger partial charge in [0.05, 0.1) is 0 Å². The molecule has 4 nitrogen and oxygen atoms in total. The molecular weight excluding hydrogens is 194 g/mol. The molecule has 0 saturated heterocycles. The summed E-state index contributed by atoms with van der Waals surface area (Å²) in [6.45, 7) is 0. The van der Waals surface area contributed by atoms with Crippen LogP contribution in [0.5, 0.6) is 0 Å². The Morgan fingerprint density at radius 3 is 0.857 bits per heavy atom. The van der Waals surface area contributed by atoms with E-state index in [2.05, 4.69) is 0 Å². The van der Waals surface area contributed by atoms with E-state index in [0.29, 0.717) is 0 Å². The van der Waals surface area contributed by atoms with Gasteiger partial charge in [-0.2, -0.15) is 0 Å². The van der Waals surface area contributed by atoms with Crippen LogP contribution < -0.4 is 0 Å². The second-order valence-electron chi connectivity index (χ2n) is 0.600. The Hall–Kier alpha value is 2.05. The van der Waals surface area contributed by atoms with Gasteiger partial charge >= 0.3 is 62.5 Å². The Morgan fingerprint density at radius 2 is 0.857 bits per heavy atom. The van der Waals surface area contributed by atoms with Crippen molar-refractivity contribution in [3.63, 3.8) is 0 Å². The van der Waals surface area contributed by atoms with Crippen LogP contribution in [-0.4, -0.2) is 44.3 Å². The number of hydrogen-bond donors (Lipinski definition) is 4. The van der Waals surface area contributed by atoms with Crippen LogP contribution in [0, 0.1) is 0 Å². The van der Waals surface area contributed by atoms with Gasteiger partial charge in [0.2, 0.25) is 0 Å². The van der Waals surface area contributed by atoms with E-state index < -0.39 is 18.1 Å². The van der Waals surface area contributed by atoms with E-state index in [1.54, 1.807) is 0 Å². The molecule has 0 fully saturated rings. The van der Waals surface area contributed by atoms with Crippen LogP contribution in [0.4, 0.5) is 0 Å². The molecule has 0 spiro atoms. The average Bonchev–Trinajstić information content (AvgIpc) is 0.722. The molecule has 0 aromatic rings. The summed E-state index contributed by atoms with van der Waals surface area (Å²) in [5.41, 5.74) is 0. The summed E-state index contributed by atoms with van der Waals surface area (Å²) in [4.78, 5) is 0. The van der Waals surface area contributed by atoms with Crippen molar-refractivity contribution in [1.29, 1.82) is 0 Å². The standard InChI is InChI=1S/Na.Ni.4H2O.Ti.H/h;;4*1H2;;/q;;;;;;+4;/p-4. The van der Waals surface area contributed by atoms with Gasteiger partial charge in [0.15, 0.2) is 0 Å². The molecule has 44 valence electrons. The number of rotatable bonds is 0. The normalized spacial score (nSPS) is 8.57. The first-order chi connectivity index (χ1) is 2.00. The molecule has 0 rings (SSSR count). The van der Waals surface area contributed by atoms with Gasteiger partial charge in [0.25, 0.3) is 0 Å². The van der Waals surface area contributed by atoms with Gasteiger partial charge in [-0.15, -0.1) is 0 Å². The van der Waals surface area contributed by atoms with Crippen molar-refractivity contribution >= 4 is 29.6 Å². The quantitative estimate of drug-likeness (QED) is 0.315. The van der Waals surface area contributed by atoms with E-state index in [4.69, 9.17) is 14.8 Å². The Labute approximate surface area is 78.0 Å². The summed E-state index contributed by atoms with van der Waals surface area (Å²) in [6.07, 6.45) is 0. The SMILES string of the molecule is [NaH].[Ni].[OH][Ti]([OH])([OH])[OH]. The summed E-state index contributed by atoms with van der Waals surface area (Å²) in [7, 11) is 0. The zero-order valence-corrected chi connectivity index (χ0v) is 5.15. The molecule has 7 heteroatoms. The molecular formula is H5NaNiO4Ti. The van der Waals surface area contributed by atoms with Crippen molar-refractivity contribution in [2.45, 2.75) is 0 Å². The predicted octanol–water partition coefficient (Wildman–Crippen LogP) is -2.88. The van der Waals surface area contributed by atoms with E-state index in [9.17, 15) is 0 Å². The minimum absolute atomic E-state index is 0. The maximum atomic E-state index is 7.38. The summed E-state index contributed by atoms with van der Waals surface area (Å²) in [6, 6.07) is 0.